The number of aliphatic imine (C=N–C) groups is 1. The van der Waals surface area contributed by atoms with Gasteiger partial charge >= 0.3 is 35.6 Å². The number of rotatable bonds is 3. The molecule has 0 spiro atoms. The maximum Gasteiger partial charge on any atom is 1.00 e. The van der Waals surface area contributed by atoms with Gasteiger partial charge in [-0.2, -0.15) is 11.8 Å². The second-order valence-corrected chi connectivity index (χ2v) is 4.81. The Balaban J connectivity index is 0.00000225. The van der Waals surface area contributed by atoms with Gasteiger partial charge in [-0.3, -0.25) is 9.69 Å². The topological polar surface area (TPSA) is 72.8 Å². The number of carbonyl (C=O) groups is 2. The van der Waals surface area contributed by atoms with Crippen LogP contribution in [0.5, 0.6) is 0 Å². The molecule has 0 saturated carbocycles. The Hall–Kier alpha value is -0.0400. The molecule has 0 radical (unpaired) electrons. The van der Waals surface area contributed by atoms with E-state index in [0.717, 1.165) is 10.7 Å². The number of hydrogen-bond donors (Lipinski definition) is 0. The van der Waals surface area contributed by atoms with Crippen molar-refractivity contribution in [3.8, 4) is 0 Å². The maximum atomic E-state index is 11.8. The van der Waals surface area contributed by atoms with Crippen LogP contribution in [0.25, 0.3) is 0 Å². The van der Waals surface area contributed by atoms with Gasteiger partial charge in [0.1, 0.15) is 0 Å². The van der Waals surface area contributed by atoms with Gasteiger partial charge in [-0.1, -0.05) is 6.92 Å². The number of thioether (sulfide) groups is 1. The van der Waals surface area contributed by atoms with Crippen LogP contribution < -0.4 is 34.7 Å². The first-order valence-electron chi connectivity index (χ1n) is 4.59. The zero-order valence-electron chi connectivity index (χ0n) is 9.94. The van der Waals surface area contributed by atoms with E-state index in [4.69, 9.17) is 0 Å². The van der Waals surface area contributed by atoms with Gasteiger partial charge in [-0.15, -0.1) is 0 Å². The summed E-state index contributed by atoms with van der Waals surface area (Å²) in [4.78, 5) is 27.1. The first-order valence-corrected chi connectivity index (χ1v) is 5.75. The van der Waals surface area contributed by atoms with Crippen LogP contribution in [0.4, 0.5) is 4.79 Å². The number of imide groups is 1. The van der Waals surface area contributed by atoms with Crippen molar-refractivity contribution in [2.45, 2.75) is 13.8 Å². The van der Waals surface area contributed by atoms with E-state index in [1.165, 1.54) is 25.7 Å². The summed E-state index contributed by atoms with van der Waals surface area (Å²) >= 11 is 1.48. The zero-order chi connectivity index (χ0) is 11.6. The molecule has 0 aromatic rings. The summed E-state index contributed by atoms with van der Waals surface area (Å²) in [5.41, 5.74) is -1.18. The van der Waals surface area contributed by atoms with Crippen molar-refractivity contribution in [2.75, 3.05) is 18.6 Å². The van der Waals surface area contributed by atoms with Gasteiger partial charge in [-0.25, -0.2) is 9.79 Å². The number of carbonyl (C=O) groups excluding carboxylic acids is 2. The van der Waals surface area contributed by atoms with Gasteiger partial charge in [0.2, 0.25) is 5.91 Å². The van der Waals surface area contributed by atoms with Gasteiger partial charge in [0.15, 0.2) is 0 Å². The van der Waals surface area contributed by atoms with Crippen LogP contribution in [0.3, 0.4) is 0 Å². The second kappa shape index (κ2) is 6.05. The maximum absolute atomic E-state index is 11.8. The summed E-state index contributed by atoms with van der Waals surface area (Å²) in [6.07, 6.45) is 0. The van der Waals surface area contributed by atoms with Crippen LogP contribution in [0.15, 0.2) is 4.99 Å². The average Bonchev–Trinajstić information content (AvgIpc) is 2.21. The third kappa shape index (κ3) is 2.80. The fourth-order valence-electron chi connectivity index (χ4n) is 1.26. The molecule has 16 heavy (non-hydrogen) atoms. The van der Waals surface area contributed by atoms with Crippen molar-refractivity contribution < 1.29 is 44.3 Å². The third-order valence-corrected chi connectivity index (χ3v) is 3.52. The molecule has 0 aromatic carbocycles. The average molecular weight is 252 g/mol. The van der Waals surface area contributed by atoms with Crippen molar-refractivity contribution in [1.29, 1.82) is 0 Å². The Labute approximate surface area is 121 Å². The molecule has 5 nitrogen and oxygen atoms in total. The van der Waals surface area contributed by atoms with Crippen LogP contribution in [0.1, 0.15) is 13.8 Å². The van der Waals surface area contributed by atoms with Crippen molar-refractivity contribution in [2.24, 2.45) is 10.4 Å². The van der Waals surface area contributed by atoms with E-state index >= 15 is 0 Å². The molecule has 1 rings (SSSR count). The van der Waals surface area contributed by atoms with Crippen molar-refractivity contribution >= 4 is 29.6 Å². The summed E-state index contributed by atoms with van der Waals surface area (Å²) in [7, 11) is 1.34. The van der Waals surface area contributed by atoms with E-state index in [1.807, 2.05) is 6.92 Å². The molecule has 3 amide bonds. The van der Waals surface area contributed by atoms with E-state index in [2.05, 4.69) is 4.99 Å². The van der Waals surface area contributed by atoms with Gasteiger partial charge < -0.3 is 5.11 Å². The predicted molar refractivity (Wildman–Crippen MR) is 56.7 cm³/mol. The quantitative estimate of drug-likeness (QED) is 0.505. The first-order chi connectivity index (χ1) is 6.93. The normalized spacial score (nSPS) is 25.2. The van der Waals surface area contributed by atoms with Crippen LogP contribution in [0, 0.1) is 5.41 Å². The molecular weight excluding hydrogens is 239 g/mol. The molecule has 0 N–H and O–H groups in total. The molecule has 0 aliphatic carbocycles. The SMILES string of the molecule is CCSCC1(C)C(=O)N(C)C(=O)N=C1[O-].[Na+]. The fraction of sp³-hybridized carbons (Fsp3) is 0.667. The van der Waals surface area contributed by atoms with Crippen LogP contribution in [-0.4, -0.2) is 41.3 Å². The van der Waals surface area contributed by atoms with E-state index in [9.17, 15) is 14.7 Å². The molecule has 0 fully saturated rings. The minimum Gasteiger partial charge on any atom is -0.861 e. The van der Waals surface area contributed by atoms with E-state index in [-0.39, 0.29) is 29.6 Å². The number of nitrogens with zero attached hydrogens (tertiary/aromatic N) is 2. The zero-order valence-corrected chi connectivity index (χ0v) is 12.8. The minimum atomic E-state index is -1.18. The summed E-state index contributed by atoms with van der Waals surface area (Å²) in [5, 5.41) is 11.5. The molecule has 1 aliphatic heterocycles. The van der Waals surface area contributed by atoms with Crippen LogP contribution in [-0.2, 0) is 4.79 Å². The largest absolute Gasteiger partial charge is 1.00 e. The van der Waals surface area contributed by atoms with Gasteiger partial charge in [0, 0.05) is 12.8 Å². The number of urea groups is 1. The van der Waals surface area contributed by atoms with Crippen molar-refractivity contribution in [3.05, 3.63) is 0 Å². The molecule has 7 heteroatoms. The monoisotopic (exact) mass is 252 g/mol. The van der Waals surface area contributed by atoms with Gasteiger partial charge in [-0.05, 0) is 18.6 Å². The van der Waals surface area contributed by atoms with Gasteiger partial charge in [0.05, 0.1) is 5.41 Å². The molecule has 0 bridgehead atoms. The molecule has 84 valence electrons. The second-order valence-electron chi connectivity index (χ2n) is 3.53. The Morgan fingerprint density at radius 3 is 2.56 bits per heavy atom. The predicted octanol–water partition coefficient (Wildman–Crippen LogP) is -2.90. The van der Waals surface area contributed by atoms with Crippen molar-refractivity contribution in [1.82, 2.24) is 4.90 Å². The standard InChI is InChI=1S/C9H14N2O3S.Na/c1-4-15-5-9(2)6(12)10-8(14)11(3)7(9)13;/h4-5H2,1-3H3,(H,10,12,14);/q;+1/p-1. The summed E-state index contributed by atoms with van der Waals surface area (Å²) < 4.78 is 0. The molecule has 0 aromatic heterocycles. The van der Waals surface area contributed by atoms with Crippen molar-refractivity contribution in [3.63, 3.8) is 0 Å². The smallest absolute Gasteiger partial charge is 0.861 e. The number of amides is 3. The minimum absolute atomic E-state index is 0. The summed E-state index contributed by atoms with van der Waals surface area (Å²) in [6, 6.07) is -0.774. The van der Waals surface area contributed by atoms with E-state index in [0.29, 0.717) is 5.75 Å². The van der Waals surface area contributed by atoms with E-state index in [1.54, 1.807) is 0 Å². The Bertz CT molecular complexity index is 335. The third-order valence-electron chi connectivity index (χ3n) is 2.33. The molecule has 0 saturated heterocycles. The Morgan fingerprint density at radius 1 is 1.50 bits per heavy atom. The molecule has 1 aliphatic rings. The fourth-order valence-corrected chi connectivity index (χ4v) is 2.12. The van der Waals surface area contributed by atoms with Crippen LogP contribution in [0.2, 0.25) is 0 Å². The first kappa shape index (κ1) is 16.0. The van der Waals surface area contributed by atoms with Crippen LogP contribution >= 0.6 is 11.8 Å². The molecular formula is C9H13N2NaO3S. The Kier molecular flexibility index (Phi) is 6.03. The molecule has 1 heterocycles. The van der Waals surface area contributed by atoms with Gasteiger partial charge in [0.25, 0.3) is 0 Å². The molecule has 1 unspecified atom stereocenters. The Morgan fingerprint density at radius 2 is 2.06 bits per heavy atom. The summed E-state index contributed by atoms with van der Waals surface area (Å²) in [6.45, 7) is 3.48. The molecule has 1 atom stereocenters. The van der Waals surface area contributed by atoms with E-state index < -0.39 is 23.3 Å². The summed E-state index contributed by atoms with van der Waals surface area (Å²) in [5.74, 6) is 0.0841. The number of hydrogen-bond acceptors (Lipinski definition) is 4.